The largest absolute Gasteiger partial charge is 0.466 e. The molecule has 0 saturated carbocycles. The number of hydrogen-bond acceptors (Lipinski definition) is 6. The number of aromatic nitrogens is 1. The third-order valence-electron chi connectivity index (χ3n) is 3.62. The van der Waals surface area contributed by atoms with Crippen molar-refractivity contribution in [1.29, 1.82) is 0 Å². The van der Waals surface area contributed by atoms with Crippen molar-refractivity contribution < 1.29 is 19.1 Å². The average Bonchev–Trinajstić information content (AvgIpc) is 2.58. The highest BCUT2D eigenvalue weighted by atomic mass is 16.5. The van der Waals surface area contributed by atoms with E-state index >= 15 is 0 Å². The summed E-state index contributed by atoms with van der Waals surface area (Å²) in [5.74, 6) is 0.318. The quantitative estimate of drug-likeness (QED) is 0.802. The molecule has 0 unspecified atom stereocenters. The third-order valence-corrected chi connectivity index (χ3v) is 3.62. The van der Waals surface area contributed by atoms with Crippen molar-refractivity contribution in [3.63, 3.8) is 0 Å². The fourth-order valence-electron chi connectivity index (χ4n) is 2.42. The maximum atomic E-state index is 11.1. The first-order valence-corrected chi connectivity index (χ1v) is 8.56. The van der Waals surface area contributed by atoms with E-state index in [2.05, 4.69) is 10.3 Å². The number of carbonyl (C=O) groups excluding carboxylic acids is 2. The van der Waals surface area contributed by atoms with Crippen molar-refractivity contribution >= 4 is 11.9 Å². The molecule has 0 spiro atoms. The lowest BCUT2D eigenvalue weighted by Gasteiger charge is -2.21. The Morgan fingerprint density at radius 2 is 1.67 bits per heavy atom. The second-order valence-electron chi connectivity index (χ2n) is 5.54. The summed E-state index contributed by atoms with van der Waals surface area (Å²) in [4.78, 5) is 25.9. The lowest BCUT2D eigenvalue weighted by atomic mass is 9.95. The SMILES string of the molecule is CCOC(=O)CC1CCNCC1.CCOC(=O)Cc1ccncc1. The minimum atomic E-state index is -0.191. The molecule has 1 aliphatic rings. The van der Waals surface area contributed by atoms with Gasteiger partial charge in [-0.25, -0.2) is 0 Å². The van der Waals surface area contributed by atoms with Gasteiger partial charge in [0.15, 0.2) is 0 Å². The Hall–Kier alpha value is -1.95. The van der Waals surface area contributed by atoms with Crippen LogP contribution in [0.5, 0.6) is 0 Å². The molecule has 2 heterocycles. The fraction of sp³-hybridized carbons (Fsp3) is 0.611. The smallest absolute Gasteiger partial charge is 0.310 e. The Balaban J connectivity index is 0.000000240. The van der Waals surface area contributed by atoms with Gasteiger partial charge in [0.25, 0.3) is 0 Å². The molecule has 0 aromatic carbocycles. The summed E-state index contributed by atoms with van der Waals surface area (Å²) in [6, 6.07) is 3.60. The van der Waals surface area contributed by atoms with Gasteiger partial charge >= 0.3 is 11.9 Å². The van der Waals surface area contributed by atoms with Crippen molar-refractivity contribution in [3.05, 3.63) is 30.1 Å². The lowest BCUT2D eigenvalue weighted by Crippen LogP contribution is -2.29. The van der Waals surface area contributed by atoms with Crippen LogP contribution in [-0.2, 0) is 25.5 Å². The predicted octanol–water partition coefficient (Wildman–Crippen LogP) is 2.13. The van der Waals surface area contributed by atoms with Gasteiger partial charge in [-0.05, 0) is 63.4 Å². The van der Waals surface area contributed by atoms with Crippen LogP contribution in [0.1, 0.15) is 38.7 Å². The number of carbonyl (C=O) groups is 2. The van der Waals surface area contributed by atoms with E-state index in [1.807, 2.05) is 6.92 Å². The number of pyridine rings is 1. The van der Waals surface area contributed by atoms with E-state index in [1.54, 1.807) is 31.5 Å². The summed E-state index contributed by atoms with van der Waals surface area (Å²) in [5, 5.41) is 3.27. The van der Waals surface area contributed by atoms with Crippen LogP contribution in [-0.4, -0.2) is 43.2 Å². The molecule has 0 atom stereocenters. The fourth-order valence-corrected chi connectivity index (χ4v) is 2.42. The van der Waals surface area contributed by atoms with Gasteiger partial charge in [-0.2, -0.15) is 0 Å². The van der Waals surface area contributed by atoms with Crippen LogP contribution in [0.2, 0.25) is 0 Å². The van der Waals surface area contributed by atoms with Crippen LogP contribution in [0.4, 0.5) is 0 Å². The van der Waals surface area contributed by atoms with Gasteiger partial charge in [-0.15, -0.1) is 0 Å². The first-order valence-electron chi connectivity index (χ1n) is 8.56. The van der Waals surface area contributed by atoms with Crippen molar-refractivity contribution in [2.45, 2.75) is 39.5 Å². The molecule has 1 N–H and O–H groups in total. The Morgan fingerprint density at radius 3 is 2.25 bits per heavy atom. The molecule has 1 aromatic heterocycles. The normalized spacial score (nSPS) is 14.2. The zero-order valence-corrected chi connectivity index (χ0v) is 14.6. The van der Waals surface area contributed by atoms with E-state index in [-0.39, 0.29) is 11.9 Å². The number of rotatable bonds is 6. The van der Waals surface area contributed by atoms with Crippen LogP contribution in [0.15, 0.2) is 24.5 Å². The monoisotopic (exact) mass is 336 g/mol. The van der Waals surface area contributed by atoms with Crippen LogP contribution < -0.4 is 5.32 Å². The summed E-state index contributed by atoms with van der Waals surface area (Å²) >= 11 is 0. The first-order chi connectivity index (χ1) is 11.7. The van der Waals surface area contributed by atoms with E-state index in [0.717, 1.165) is 31.5 Å². The topological polar surface area (TPSA) is 77.5 Å². The minimum absolute atomic E-state index is 0.0376. The van der Waals surface area contributed by atoms with E-state index in [1.165, 1.54) is 0 Å². The van der Waals surface area contributed by atoms with E-state index in [0.29, 0.717) is 32.0 Å². The maximum absolute atomic E-state index is 11.1. The molecular formula is C18H28N2O4. The van der Waals surface area contributed by atoms with Gasteiger partial charge < -0.3 is 14.8 Å². The van der Waals surface area contributed by atoms with Gasteiger partial charge in [0.05, 0.1) is 19.6 Å². The Labute approximate surface area is 143 Å². The lowest BCUT2D eigenvalue weighted by molar-refractivity contribution is -0.144. The maximum Gasteiger partial charge on any atom is 0.310 e. The number of ether oxygens (including phenoxy) is 2. The average molecular weight is 336 g/mol. The van der Waals surface area contributed by atoms with Crippen LogP contribution in [0.25, 0.3) is 0 Å². The molecule has 1 aromatic rings. The van der Waals surface area contributed by atoms with E-state index < -0.39 is 0 Å². The molecule has 6 heteroatoms. The van der Waals surface area contributed by atoms with Crippen molar-refractivity contribution in [1.82, 2.24) is 10.3 Å². The highest BCUT2D eigenvalue weighted by Gasteiger charge is 2.16. The Kier molecular flexibility index (Phi) is 10.4. The highest BCUT2D eigenvalue weighted by Crippen LogP contribution is 2.16. The molecule has 6 nitrogen and oxygen atoms in total. The summed E-state index contributed by atoms with van der Waals surface area (Å²) < 4.78 is 9.67. The summed E-state index contributed by atoms with van der Waals surface area (Å²) in [6.07, 6.45) is 6.48. The zero-order chi connectivity index (χ0) is 17.6. The second kappa shape index (κ2) is 12.5. The molecule has 0 radical (unpaired) electrons. The Bertz CT molecular complexity index is 473. The number of nitrogens with one attached hydrogen (secondary N) is 1. The standard InChI is InChI=1S/C9H17NO2.C9H11NO2/c2*1-2-12-9(11)7-8-3-5-10-6-4-8/h8,10H,2-7H2,1H3;3-6H,2,7H2,1H3. The van der Waals surface area contributed by atoms with Gasteiger partial charge in [-0.1, -0.05) is 0 Å². The van der Waals surface area contributed by atoms with E-state index in [4.69, 9.17) is 9.47 Å². The molecular weight excluding hydrogens is 308 g/mol. The molecule has 24 heavy (non-hydrogen) atoms. The minimum Gasteiger partial charge on any atom is -0.466 e. The zero-order valence-electron chi connectivity index (χ0n) is 14.6. The molecule has 134 valence electrons. The number of esters is 2. The predicted molar refractivity (Wildman–Crippen MR) is 91.4 cm³/mol. The van der Waals surface area contributed by atoms with Crippen molar-refractivity contribution in [3.8, 4) is 0 Å². The van der Waals surface area contributed by atoms with Gasteiger partial charge in [0.2, 0.25) is 0 Å². The van der Waals surface area contributed by atoms with Crippen LogP contribution in [0.3, 0.4) is 0 Å². The Morgan fingerprint density at radius 1 is 1.08 bits per heavy atom. The van der Waals surface area contributed by atoms with Crippen molar-refractivity contribution in [2.75, 3.05) is 26.3 Å². The molecule has 1 aliphatic heterocycles. The van der Waals surface area contributed by atoms with Gasteiger partial charge in [0.1, 0.15) is 0 Å². The summed E-state index contributed by atoms with van der Waals surface area (Å²) in [5.41, 5.74) is 0.934. The first kappa shape index (κ1) is 20.1. The number of piperidine rings is 1. The molecule has 0 bridgehead atoms. The summed E-state index contributed by atoms with van der Waals surface area (Å²) in [7, 11) is 0. The third kappa shape index (κ3) is 9.25. The van der Waals surface area contributed by atoms with Crippen LogP contribution in [0, 0.1) is 5.92 Å². The molecule has 2 rings (SSSR count). The molecule has 1 saturated heterocycles. The van der Waals surface area contributed by atoms with Gasteiger partial charge in [-0.3, -0.25) is 14.6 Å². The highest BCUT2D eigenvalue weighted by molar-refractivity contribution is 5.72. The van der Waals surface area contributed by atoms with Crippen molar-refractivity contribution in [2.24, 2.45) is 5.92 Å². The van der Waals surface area contributed by atoms with E-state index in [9.17, 15) is 9.59 Å². The molecule has 1 fully saturated rings. The summed E-state index contributed by atoms with van der Waals surface area (Å²) in [6.45, 7) is 6.67. The van der Waals surface area contributed by atoms with Gasteiger partial charge in [0, 0.05) is 18.8 Å². The molecule has 0 aliphatic carbocycles. The molecule has 0 amide bonds. The second-order valence-corrected chi connectivity index (χ2v) is 5.54. The van der Waals surface area contributed by atoms with Crippen LogP contribution >= 0.6 is 0 Å². The number of hydrogen-bond donors (Lipinski definition) is 1. The number of nitrogens with zero attached hydrogens (tertiary/aromatic N) is 1.